The summed E-state index contributed by atoms with van der Waals surface area (Å²) in [5.41, 5.74) is 0. The van der Waals surface area contributed by atoms with Crippen LogP contribution in [0.2, 0.25) is 0 Å². The summed E-state index contributed by atoms with van der Waals surface area (Å²) >= 11 is 0. The van der Waals surface area contributed by atoms with Crippen molar-refractivity contribution in [2.45, 2.75) is 25.9 Å². The second-order valence-corrected chi connectivity index (χ2v) is 5.62. The number of rotatable bonds is 3. The first-order valence-electron chi connectivity index (χ1n) is 7.29. The number of likely N-dealkylation sites (tertiary alicyclic amines) is 1. The molecule has 2 unspecified atom stereocenters. The SMILES string of the molecule is COC(=O)C1CCCN(CC(=O)N2CCOC(C)C2)C1. The van der Waals surface area contributed by atoms with E-state index >= 15 is 0 Å². The van der Waals surface area contributed by atoms with Gasteiger partial charge in [0, 0.05) is 19.6 Å². The third-order valence-corrected chi connectivity index (χ3v) is 3.99. The van der Waals surface area contributed by atoms with Crippen LogP contribution in [0.4, 0.5) is 0 Å². The zero-order valence-corrected chi connectivity index (χ0v) is 12.3. The zero-order chi connectivity index (χ0) is 14.5. The Balaban J connectivity index is 1.82. The van der Waals surface area contributed by atoms with Gasteiger partial charge >= 0.3 is 5.97 Å². The number of carbonyl (C=O) groups excluding carboxylic acids is 2. The normalized spacial score (nSPS) is 28.2. The van der Waals surface area contributed by atoms with Crippen molar-refractivity contribution < 1.29 is 19.1 Å². The standard InChI is InChI=1S/C14H24N2O4/c1-11-8-16(6-7-20-11)13(17)10-15-5-3-4-12(9-15)14(18)19-2/h11-12H,3-10H2,1-2H3. The highest BCUT2D eigenvalue weighted by Crippen LogP contribution is 2.18. The second-order valence-electron chi connectivity index (χ2n) is 5.62. The van der Waals surface area contributed by atoms with Crippen molar-refractivity contribution in [3.05, 3.63) is 0 Å². The fourth-order valence-corrected chi connectivity index (χ4v) is 2.89. The second kappa shape index (κ2) is 7.04. The average molecular weight is 284 g/mol. The first kappa shape index (κ1) is 15.3. The summed E-state index contributed by atoms with van der Waals surface area (Å²) in [5, 5.41) is 0. The minimum Gasteiger partial charge on any atom is -0.469 e. The molecule has 0 spiro atoms. The number of morpholine rings is 1. The van der Waals surface area contributed by atoms with Crippen molar-refractivity contribution in [1.29, 1.82) is 0 Å². The van der Waals surface area contributed by atoms with Gasteiger partial charge in [0.05, 0.1) is 32.3 Å². The number of esters is 1. The van der Waals surface area contributed by atoms with Gasteiger partial charge in [0.25, 0.3) is 0 Å². The molecule has 2 rings (SSSR count). The number of piperidine rings is 1. The van der Waals surface area contributed by atoms with Crippen LogP contribution in [0.1, 0.15) is 19.8 Å². The molecular weight excluding hydrogens is 260 g/mol. The molecule has 0 radical (unpaired) electrons. The lowest BCUT2D eigenvalue weighted by Crippen LogP contribution is -2.50. The van der Waals surface area contributed by atoms with E-state index in [-0.39, 0.29) is 23.9 Å². The minimum atomic E-state index is -0.165. The quantitative estimate of drug-likeness (QED) is 0.689. The highest BCUT2D eigenvalue weighted by atomic mass is 16.5. The Morgan fingerprint density at radius 2 is 2.10 bits per heavy atom. The van der Waals surface area contributed by atoms with Crippen LogP contribution < -0.4 is 0 Å². The summed E-state index contributed by atoms with van der Waals surface area (Å²) < 4.78 is 10.2. The predicted octanol–water partition coefficient (Wildman–Crippen LogP) is 0.119. The van der Waals surface area contributed by atoms with Gasteiger partial charge in [-0.2, -0.15) is 0 Å². The maximum atomic E-state index is 12.3. The van der Waals surface area contributed by atoms with Crippen molar-refractivity contribution in [1.82, 2.24) is 9.80 Å². The molecule has 6 nitrogen and oxygen atoms in total. The predicted molar refractivity (Wildman–Crippen MR) is 73.2 cm³/mol. The van der Waals surface area contributed by atoms with Gasteiger partial charge in [-0.25, -0.2) is 0 Å². The summed E-state index contributed by atoms with van der Waals surface area (Å²) in [6.07, 6.45) is 1.90. The van der Waals surface area contributed by atoms with Crippen LogP contribution in [0, 0.1) is 5.92 Å². The fraction of sp³-hybridized carbons (Fsp3) is 0.857. The zero-order valence-electron chi connectivity index (χ0n) is 12.3. The Morgan fingerprint density at radius 1 is 1.30 bits per heavy atom. The lowest BCUT2D eigenvalue weighted by molar-refractivity contribution is -0.149. The summed E-state index contributed by atoms with van der Waals surface area (Å²) in [5.74, 6) is -0.127. The molecule has 2 fully saturated rings. The van der Waals surface area contributed by atoms with Crippen LogP contribution in [0.15, 0.2) is 0 Å². The van der Waals surface area contributed by atoms with Crippen LogP contribution in [0.25, 0.3) is 0 Å². The molecule has 0 aromatic rings. The molecule has 114 valence electrons. The molecule has 2 atom stereocenters. The van der Waals surface area contributed by atoms with Crippen molar-refractivity contribution >= 4 is 11.9 Å². The highest BCUT2D eigenvalue weighted by molar-refractivity contribution is 5.78. The summed E-state index contributed by atoms with van der Waals surface area (Å²) in [6, 6.07) is 0. The van der Waals surface area contributed by atoms with Gasteiger partial charge in [0.15, 0.2) is 0 Å². The first-order chi connectivity index (χ1) is 9.60. The van der Waals surface area contributed by atoms with Gasteiger partial charge in [-0.1, -0.05) is 0 Å². The lowest BCUT2D eigenvalue weighted by Gasteiger charge is -2.35. The van der Waals surface area contributed by atoms with E-state index in [4.69, 9.17) is 9.47 Å². The van der Waals surface area contributed by atoms with E-state index in [0.717, 1.165) is 19.4 Å². The number of hydrogen-bond donors (Lipinski definition) is 0. The van der Waals surface area contributed by atoms with E-state index in [1.807, 2.05) is 11.8 Å². The number of methoxy groups -OCH3 is 1. The monoisotopic (exact) mass is 284 g/mol. The van der Waals surface area contributed by atoms with E-state index in [9.17, 15) is 9.59 Å². The number of ether oxygens (including phenoxy) is 2. The van der Waals surface area contributed by atoms with Gasteiger partial charge in [-0.15, -0.1) is 0 Å². The smallest absolute Gasteiger partial charge is 0.309 e. The Labute approximate surface area is 120 Å². The molecule has 0 bridgehead atoms. The molecule has 1 amide bonds. The Morgan fingerprint density at radius 3 is 2.80 bits per heavy atom. The number of carbonyl (C=O) groups is 2. The van der Waals surface area contributed by atoms with Gasteiger partial charge in [-0.3, -0.25) is 14.5 Å². The molecule has 2 aliphatic rings. The average Bonchev–Trinajstić information content (AvgIpc) is 2.46. The minimum absolute atomic E-state index is 0.0924. The van der Waals surface area contributed by atoms with Crippen LogP contribution in [-0.2, 0) is 19.1 Å². The maximum Gasteiger partial charge on any atom is 0.309 e. The lowest BCUT2D eigenvalue weighted by atomic mass is 9.98. The number of hydrogen-bond acceptors (Lipinski definition) is 5. The molecule has 0 saturated carbocycles. The molecule has 0 N–H and O–H groups in total. The topological polar surface area (TPSA) is 59.1 Å². The Hall–Kier alpha value is -1.14. The molecule has 2 saturated heterocycles. The Kier molecular flexibility index (Phi) is 5.37. The van der Waals surface area contributed by atoms with Gasteiger partial charge < -0.3 is 14.4 Å². The van der Waals surface area contributed by atoms with Crippen LogP contribution in [0.3, 0.4) is 0 Å². The first-order valence-corrected chi connectivity index (χ1v) is 7.29. The number of amides is 1. The Bertz CT molecular complexity index is 361. The van der Waals surface area contributed by atoms with Crippen molar-refractivity contribution in [3.8, 4) is 0 Å². The van der Waals surface area contributed by atoms with E-state index < -0.39 is 0 Å². The maximum absolute atomic E-state index is 12.3. The third-order valence-electron chi connectivity index (χ3n) is 3.99. The van der Waals surface area contributed by atoms with E-state index in [0.29, 0.717) is 32.8 Å². The van der Waals surface area contributed by atoms with Crippen molar-refractivity contribution in [2.75, 3.05) is 46.4 Å². The molecule has 2 heterocycles. The van der Waals surface area contributed by atoms with Crippen molar-refractivity contribution in [3.63, 3.8) is 0 Å². The van der Waals surface area contributed by atoms with E-state index in [1.165, 1.54) is 7.11 Å². The molecule has 2 aliphatic heterocycles. The van der Waals surface area contributed by atoms with E-state index in [2.05, 4.69) is 4.90 Å². The highest BCUT2D eigenvalue weighted by Gasteiger charge is 2.29. The van der Waals surface area contributed by atoms with Crippen molar-refractivity contribution in [2.24, 2.45) is 5.92 Å². The third kappa shape index (κ3) is 3.93. The van der Waals surface area contributed by atoms with Crippen LogP contribution in [-0.4, -0.2) is 74.2 Å². The van der Waals surface area contributed by atoms with Crippen LogP contribution >= 0.6 is 0 Å². The molecule has 20 heavy (non-hydrogen) atoms. The summed E-state index contributed by atoms with van der Waals surface area (Å²) in [7, 11) is 1.42. The molecule has 0 aromatic heterocycles. The molecule has 6 heteroatoms. The molecular formula is C14H24N2O4. The summed E-state index contributed by atoms with van der Waals surface area (Å²) in [4.78, 5) is 27.8. The van der Waals surface area contributed by atoms with Crippen LogP contribution in [0.5, 0.6) is 0 Å². The summed E-state index contributed by atoms with van der Waals surface area (Å²) in [6.45, 7) is 5.80. The van der Waals surface area contributed by atoms with Gasteiger partial charge in [0.2, 0.25) is 5.91 Å². The molecule has 0 aromatic carbocycles. The van der Waals surface area contributed by atoms with Gasteiger partial charge in [0.1, 0.15) is 0 Å². The fourth-order valence-electron chi connectivity index (χ4n) is 2.89. The van der Waals surface area contributed by atoms with Gasteiger partial charge in [-0.05, 0) is 26.3 Å². The number of nitrogens with zero attached hydrogens (tertiary/aromatic N) is 2. The molecule has 0 aliphatic carbocycles. The van der Waals surface area contributed by atoms with E-state index in [1.54, 1.807) is 0 Å². The largest absolute Gasteiger partial charge is 0.469 e.